The summed E-state index contributed by atoms with van der Waals surface area (Å²) in [5, 5.41) is 4.04. The molecule has 0 radical (unpaired) electrons. The summed E-state index contributed by atoms with van der Waals surface area (Å²) in [6.45, 7) is 0.410. The van der Waals surface area contributed by atoms with E-state index in [2.05, 4.69) is 186 Å². The number of aliphatic imine (C=N–C) groups is 1. The number of carbonyl (C=O) groups excluding carboxylic acids is 1. The summed E-state index contributed by atoms with van der Waals surface area (Å²) in [6.07, 6.45) is 42.9. The van der Waals surface area contributed by atoms with Crippen LogP contribution in [0.2, 0.25) is 0 Å². The first-order valence-electron chi connectivity index (χ1n) is 41.5. The zero-order chi connectivity index (χ0) is 74.1. The maximum atomic E-state index is 13.3. The van der Waals surface area contributed by atoms with Gasteiger partial charge in [-0.05, 0) is 228 Å². The largest absolute Gasteiger partial charge is 1.00 e. The third kappa shape index (κ3) is 20.3. The molecule has 1 aromatic heterocycles. The Morgan fingerprint density at radius 2 is 0.713 bits per heavy atom. The third-order valence-electron chi connectivity index (χ3n) is 24.3. The predicted octanol–water partition coefficient (Wildman–Crippen LogP) is 27.4. The molecular weight excluding hydrogens is 1340 g/mol. The molecule has 16 rings (SSSR count). The number of carbonyl (C=O) groups is 1. The van der Waals surface area contributed by atoms with Gasteiger partial charge >= 0.3 is 1.43 Å². The number of amides is 1. The molecule has 9 heteroatoms. The molecule has 10 aromatic rings. The topological polar surface area (TPSA) is 104 Å². The van der Waals surface area contributed by atoms with Crippen LogP contribution in [0.1, 0.15) is 279 Å². The van der Waals surface area contributed by atoms with Gasteiger partial charge in [0.1, 0.15) is 11.0 Å². The standard InChI is InChI=1S/C33H36N2.C31H34ClN.C31H35NO.C4H11NO2/c1-5-13-25(14-6-1)29-23-30(26-15-7-2-8-16-26)32(31(24-29)27-17-9-3-10-18-27)35-22-21-34-33(35)28-19-11-4-12-20-28;32-31(26-19-11-4-12-20-26)33-30-28(24-15-7-2-8-16-24)21-27(23-13-5-1-6-14-23)22-29(30)25-17-9-3-10-18-25;33-31(26-19-11-4-12-20-26)32-30-28(24-15-7-2-8-16-24)21-27(23-13-5-1-6-14-23)22-29(30)25-17-9-3-10-18-25;1-6-4(3-5)7-2/h1,4-6,11-14,19-24,26-27H,2-3,7-10,15-18H2;1,4-6,11-14,19-22,24-25H,2-3,7-10,15-18H2;1,4-6,11-14,19-22,24-25H,2-3,7-10,15-18H2,(H,32,33);4H,3,5H2,1-2H3/p+1. The molecule has 3 N–H and O–H groups in total. The van der Waals surface area contributed by atoms with Crippen LogP contribution in [-0.2, 0) is 9.47 Å². The molecule has 108 heavy (non-hydrogen) atoms. The van der Waals surface area contributed by atoms with Gasteiger partial charge in [-0.1, -0.05) is 297 Å². The van der Waals surface area contributed by atoms with Gasteiger partial charge in [-0.3, -0.25) is 9.36 Å². The van der Waals surface area contributed by atoms with Gasteiger partial charge in [0.15, 0.2) is 6.29 Å². The lowest BCUT2D eigenvalue weighted by molar-refractivity contribution is -0.0940. The summed E-state index contributed by atoms with van der Waals surface area (Å²) in [4.78, 5) is 23.4. The highest BCUT2D eigenvalue weighted by atomic mass is 35.5. The average molecular weight is 1460 g/mol. The van der Waals surface area contributed by atoms with Crippen LogP contribution in [0.5, 0.6) is 0 Å². The Kier molecular flexibility index (Phi) is 28.9. The monoisotopic (exact) mass is 1460 g/mol. The highest BCUT2D eigenvalue weighted by Gasteiger charge is 2.32. The number of imidazole rings is 1. The smallest absolute Gasteiger partial charge is 0.355 e. The molecule has 562 valence electrons. The van der Waals surface area contributed by atoms with E-state index in [1.54, 1.807) is 25.3 Å². The van der Waals surface area contributed by atoms with Gasteiger partial charge in [0.25, 0.3) is 5.91 Å². The number of ether oxygens (including phenoxy) is 2. The van der Waals surface area contributed by atoms with Gasteiger partial charge < -0.3 is 20.5 Å². The SMILES string of the molecule is COC(CN)OC.ClC(=Nc1c(C2CCCCC2)cc(-c2ccccc2)cc1C1CCCCC1)c1ccccc1.O=C(Nc1c(C2CCCCC2)cc(-c2ccccc2)cc1C1CCCCC1)c1ccccc1.[H+].c1ccc(-c2cc(C3CCCCC3)c(-n3ccnc3-c3ccccc3)c(C3CCCCC3)c2)cc1. The second-order valence-electron chi connectivity index (χ2n) is 31.4. The van der Waals surface area contributed by atoms with Crippen molar-refractivity contribution in [3.63, 3.8) is 0 Å². The van der Waals surface area contributed by atoms with Crippen molar-refractivity contribution in [3.05, 3.63) is 275 Å². The zero-order valence-corrected chi connectivity index (χ0v) is 65.2. The lowest BCUT2D eigenvalue weighted by Crippen LogP contribution is -2.23. The first-order chi connectivity index (χ1) is 53.3. The van der Waals surface area contributed by atoms with Crippen LogP contribution < -0.4 is 11.1 Å². The quantitative estimate of drug-likeness (QED) is 0.0658. The Hall–Kier alpha value is -8.50. The summed E-state index contributed by atoms with van der Waals surface area (Å²) in [5.74, 6) is 4.51. The number of nitrogens with one attached hydrogen (secondary N) is 1. The normalized spacial score (nSPS) is 17.3. The number of nitrogens with zero attached hydrogens (tertiary/aromatic N) is 3. The Morgan fingerprint density at radius 1 is 0.417 bits per heavy atom. The molecule has 0 aliphatic heterocycles. The maximum Gasteiger partial charge on any atom is 1.00 e. The van der Waals surface area contributed by atoms with Crippen molar-refractivity contribution in [2.45, 2.75) is 234 Å². The van der Waals surface area contributed by atoms with Crippen molar-refractivity contribution in [3.8, 4) is 50.5 Å². The second-order valence-corrected chi connectivity index (χ2v) is 31.7. The van der Waals surface area contributed by atoms with Crippen molar-refractivity contribution in [2.24, 2.45) is 10.7 Å². The van der Waals surface area contributed by atoms with E-state index in [0.29, 0.717) is 47.2 Å². The molecule has 0 saturated heterocycles. The van der Waals surface area contributed by atoms with Gasteiger partial charge in [0, 0.05) is 55.5 Å². The van der Waals surface area contributed by atoms with Gasteiger partial charge in [-0.2, -0.15) is 0 Å². The molecule has 0 bridgehead atoms. The maximum absolute atomic E-state index is 13.3. The molecule has 8 nitrogen and oxygen atoms in total. The molecule has 0 unspecified atom stereocenters. The summed E-state index contributed by atoms with van der Waals surface area (Å²) in [6, 6.07) is 78.0. The van der Waals surface area contributed by atoms with Gasteiger partial charge in [-0.15, -0.1) is 0 Å². The van der Waals surface area contributed by atoms with Gasteiger partial charge in [0.2, 0.25) is 0 Å². The lowest BCUT2D eigenvalue weighted by atomic mass is 9.77. The fourth-order valence-corrected chi connectivity index (χ4v) is 18.7. The minimum Gasteiger partial charge on any atom is -0.355 e. The number of anilines is 1. The van der Waals surface area contributed by atoms with E-state index in [1.807, 2.05) is 54.7 Å². The first kappa shape index (κ1) is 77.7. The Labute approximate surface area is 652 Å². The summed E-state index contributed by atoms with van der Waals surface area (Å²) in [7, 11) is 3.11. The van der Waals surface area contributed by atoms with Crippen LogP contribution in [0.15, 0.2) is 236 Å². The fraction of sp³-hybridized carbons (Fsp3) is 0.404. The van der Waals surface area contributed by atoms with Crippen LogP contribution in [0, 0.1) is 0 Å². The van der Waals surface area contributed by atoms with Crippen molar-refractivity contribution < 1.29 is 15.7 Å². The molecule has 6 aliphatic rings. The van der Waals surface area contributed by atoms with Crippen molar-refractivity contribution >= 4 is 34.1 Å². The molecule has 6 saturated carbocycles. The van der Waals surface area contributed by atoms with Crippen LogP contribution in [0.25, 0.3) is 50.5 Å². The number of nitrogens with two attached hydrogens (primary N) is 1. The number of hydrogen-bond acceptors (Lipinski definition) is 6. The van der Waals surface area contributed by atoms with E-state index in [-0.39, 0.29) is 13.6 Å². The minimum absolute atomic E-state index is 0. The molecule has 9 aromatic carbocycles. The first-order valence-corrected chi connectivity index (χ1v) is 41.9. The summed E-state index contributed by atoms with van der Waals surface area (Å²) in [5.41, 5.74) is 28.4. The summed E-state index contributed by atoms with van der Waals surface area (Å²) < 4.78 is 11.8. The van der Waals surface area contributed by atoms with E-state index in [4.69, 9.17) is 36.8 Å². The van der Waals surface area contributed by atoms with Crippen LogP contribution in [0.4, 0.5) is 11.4 Å². The summed E-state index contributed by atoms with van der Waals surface area (Å²) >= 11 is 6.87. The van der Waals surface area contributed by atoms with Crippen molar-refractivity contribution in [2.75, 3.05) is 26.1 Å². The Balaban J connectivity index is 0.000000145. The predicted molar refractivity (Wildman–Crippen MR) is 454 cm³/mol. The molecule has 6 aliphatic carbocycles. The minimum atomic E-state index is -0.236. The number of rotatable bonds is 18. The van der Waals surface area contributed by atoms with E-state index in [0.717, 1.165) is 22.6 Å². The van der Waals surface area contributed by atoms with Gasteiger partial charge in [-0.25, -0.2) is 9.98 Å². The third-order valence-corrected chi connectivity index (χ3v) is 24.6. The van der Waals surface area contributed by atoms with Crippen LogP contribution >= 0.6 is 11.6 Å². The highest BCUT2D eigenvalue weighted by molar-refractivity contribution is 6.69. The van der Waals surface area contributed by atoms with E-state index in [9.17, 15) is 4.79 Å². The van der Waals surface area contributed by atoms with Crippen molar-refractivity contribution in [1.82, 2.24) is 9.55 Å². The number of aromatic nitrogens is 2. The fourth-order valence-electron chi connectivity index (χ4n) is 18.4. The van der Waals surface area contributed by atoms with Crippen molar-refractivity contribution in [1.29, 1.82) is 0 Å². The molecule has 0 spiro atoms. The van der Waals surface area contributed by atoms with Crippen LogP contribution in [0.3, 0.4) is 0 Å². The molecular formula is C99H117ClN5O3+. The zero-order valence-electron chi connectivity index (χ0n) is 65.4. The number of halogens is 1. The number of benzene rings is 9. The second kappa shape index (κ2) is 40.3. The lowest BCUT2D eigenvalue weighted by Gasteiger charge is -2.31. The number of hydrogen-bond donors (Lipinski definition) is 2. The van der Waals surface area contributed by atoms with E-state index < -0.39 is 0 Å². The average Bonchev–Trinajstić information content (AvgIpc) is 0.856. The number of methoxy groups -OCH3 is 2. The van der Waals surface area contributed by atoms with E-state index >= 15 is 0 Å². The Bertz CT molecular complexity index is 4270. The Morgan fingerprint density at radius 3 is 1.05 bits per heavy atom. The highest BCUT2D eigenvalue weighted by Crippen LogP contribution is 2.50. The molecule has 1 heterocycles. The molecule has 6 fully saturated rings. The van der Waals surface area contributed by atoms with Crippen LogP contribution in [-0.4, -0.2) is 47.7 Å². The van der Waals surface area contributed by atoms with Gasteiger partial charge in [0.05, 0.1) is 11.4 Å². The molecule has 0 atom stereocenters. The molecule has 1 amide bonds. The van der Waals surface area contributed by atoms with E-state index in [1.165, 1.54) is 265 Å².